The number of ether oxygens (including phenoxy) is 2. The lowest BCUT2D eigenvalue weighted by Crippen LogP contribution is -2.44. The minimum Gasteiger partial charge on any atom is -0.427 e. The van der Waals surface area contributed by atoms with E-state index in [4.69, 9.17) is 9.47 Å². The summed E-state index contributed by atoms with van der Waals surface area (Å²) in [5, 5.41) is 1.15. The van der Waals surface area contributed by atoms with E-state index < -0.39 is 5.79 Å². The minimum atomic E-state index is -1.03. The Balaban J connectivity index is 2.27. The normalized spacial score (nSPS) is 21.6. The first kappa shape index (κ1) is 14.6. The van der Waals surface area contributed by atoms with E-state index in [1.807, 2.05) is 26.0 Å². The lowest BCUT2D eigenvalue weighted by Gasteiger charge is -2.39. The van der Waals surface area contributed by atoms with Crippen LogP contribution in [0, 0.1) is 5.92 Å². The van der Waals surface area contributed by atoms with Crippen molar-refractivity contribution in [2.75, 3.05) is 6.61 Å². The van der Waals surface area contributed by atoms with Crippen LogP contribution in [0.4, 0.5) is 0 Å². The van der Waals surface area contributed by atoms with E-state index in [-0.39, 0.29) is 11.9 Å². The van der Waals surface area contributed by atoms with Crippen LogP contribution in [0.25, 0.3) is 10.9 Å². The standard InChI is InChI=1S/C16H18BrNO3/c1-9(2)16(21-10(3)19)15-12(7-8-20-16)11-5-4-6-13(17)14(11)18-15/h4-6,9,18H,7-8H2,1-3H3. The number of hydrogen-bond acceptors (Lipinski definition) is 3. The molecule has 1 unspecified atom stereocenters. The summed E-state index contributed by atoms with van der Waals surface area (Å²) in [6.07, 6.45) is 0.807. The van der Waals surface area contributed by atoms with Gasteiger partial charge in [0.2, 0.25) is 0 Å². The summed E-state index contributed by atoms with van der Waals surface area (Å²) in [7, 11) is 0. The molecule has 112 valence electrons. The highest BCUT2D eigenvalue weighted by molar-refractivity contribution is 9.10. The first-order valence-corrected chi connectivity index (χ1v) is 7.88. The molecule has 1 aliphatic rings. The van der Waals surface area contributed by atoms with Crippen LogP contribution in [0.1, 0.15) is 32.0 Å². The van der Waals surface area contributed by atoms with E-state index in [1.165, 1.54) is 12.5 Å². The highest BCUT2D eigenvalue weighted by Gasteiger charge is 2.46. The van der Waals surface area contributed by atoms with Crippen molar-refractivity contribution in [3.05, 3.63) is 33.9 Å². The predicted octanol–water partition coefficient (Wildman–Crippen LogP) is 3.88. The molecular weight excluding hydrogens is 334 g/mol. The van der Waals surface area contributed by atoms with Gasteiger partial charge in [-0.25, -0.2) is 0 Å². The van der Waals surface area contributed by atoms with Gasteiger partial charge in [0.1, 0.15) is 0 Å². The fourth-order valence-corrected chi connectivity index (χ4v) is 3.50. The third kappa shape index (κ3) is 2.19. The summed E-state index contributed by atoms with van der Waals surface area (Å²) in [5.74, 6) is -1.36. The molecule has 1 N–H and O–H groups in total. The number of fused-ring (bicyclic) bond motifs is 3. The van der Waals surface area contributed by atoms with Gasteiger partial charge in [-0.15, -0.1) is 0 Å². The quantitative estimate of drug-likeness (QED) is 0.835. The summed E-state index contributed by atoms with van der Waals surface area (Å²) >= 11 is 3.57. The van der Waals surface area contributed by atoms with E-state index in [9.17, 15) is 4.79 Å². The molecule has 2 aromatic rings. The van der Waals surface area contributed by atoms with Crippen LogP contribution in [-0.2, 0) is 26.5 Å². The second-order valence-electron chi connectivity index (χ2n) is 5.66. The number of aromatic amines is 1. The zero-order valence-electron chi connectivity index (χ0n) is 12.3. The molecule has 1 atom stereocenters. The third-order valence-electron chi connectivity index (χ3n) is 3.96. The second kappa shape index (κ2) is 5.14. The number of para-hydroxylation sites is 1. The van der Waals surface area contributed by atoms with Gasteiger partial charge in [0.05, 0.1) is 17.8 Å². The van der Waals surface area contributed by atoms with Crippen molar-refractivity contribution in [3.63, 3.8) is 0 Å². The van der Waals surface area contributed by atoms with Crippen molar-refractivity contribution >= 4 is 32.8 Å². The van der Waals surface area contributed by atoms with Crippen molar-refractivity contribution in [1.29, 1.82) is 0 Å². The maximum Gasteiger partial charge on any atom is 0.305 e. The average Bonchev–Trinajstić information content (AvgIpc) is 2.80. The lowest BCUT2D eigenvalue weighted by molar-refractivity contribution is -0.265. The highest BCUT2D eigenvalue weighted by Crippen LogP contribution is 2.43. The van der Waals surface area contributed by atoms with Gasteiger partial charge in [0.25, 0.3) is 5.79 Å². The number of esters is 1. The Morgan fingerprint density at radius 3 is 2.90 bits per heavy atom. The highest BCUT2D eigenvalue weighted by atomic mass is 79.9. The number of halogens is 1. The molecule has 0 amide bonds. The maximum absolute atomic E-state index is 11.6. The van der Waals surface area contributed by atoms with Crippen LogP contribution in [0.15, 0.2) is 22.7 Å². The number of nitrogens with one attached hydrogen (secondary N) is 1. The topological polar surface area (TPSA) is 51.3 Å². The molecule has 0 saturated heterocycles. The van der Waals surface area contributed by atoms with E-state index in [2.05, 4.69) is 27.0 Å². The van der Waals surface area contributed by atoms with Gasteiger partial charge in [0.15, 0.2) is 0 Å². The third-order valence-corrected chi connectivity index (χ3v) is 4.62. The van der Waals surface area contributed by atoms with Crippen molar-refractivity contribution in [2.24, 2.45) is 5.92 Å². The largest absolute Gasteiger partial charge is 0.427 e. The Labute approximate surface area is 131 Å². The minimum absolute atomic E-state index is 0.00675. The number of H-pyrrole nitrogens is 1. The smallest absolute Gasteiger partial charge is 0.305 e. The molecule has 2 heterocycles. The number of aromatic nitrogens is 1. The first-order valence-electron chi connectivity index (χ1n) is 7.09. The second-order valence-corrected chi connectivity index (χ2v) is 6.51. The van der Waals surface area contributed by atoms with Crippen molar-refractivity contribution in [1.82, 2.24) is 4.98 Å². The molecule has 0 radical (unpaired) electrons. The molecule has 0 fully saturated rings. The number of carbonyl (C=O) groups excluding carboxylic acids is 1. The molecule has 1 aliphatic heterocycles. The van der Waals surface area contributed by atoms with Crippen LogP contribution in [0.5, 0.6) is 0 Å². The molecular formula is C16H18BrNO3. The summed E-state index contributed by atoms with van der Waals surface area (Å²) in [6, 6.07) is 6.09. The summed E-state index contributed by atoms with van der Waals surface area (Å²) in [6.45, 7) is 5.95. The Kier molecular flexibility index (Phi) is 3.58. The van der Waals surface area contributed by atoms with Crippen molar-refractivity contribution < 1.29 is 14.3 Å². The molecule has 1 aromatic carbocycles. The molecule has 21 heavy (non-hydrogen) atoms. The molecule has 5 heteroatoms. The van der Waals surface area contributed by atoms with Gasteiger partial charge in [-0.1, -0.05) is 26.0 Å². The predicted molar refractivity (Wildman–Crippen MR) is 83.9 cm³/mol. The van der Waals surface area contributed by atoms with Crippen LogP contribution >= 0.6 is 15.9 Å². The van der Waals surface area contributed by atoms with Crippen LogP contribution < -0.4 is 0 Å². The van der Waals surface area contributed by atoms with Crippen LogP contribution in [0.2, 0.25) is 0 Å². The van der Waals surface area contributed by atoms with E-state index in [0.717, 1.165) is 27.5 Å². The number of rotatable bonds is 2. The summed E-state index contributed by atoms with van der Waals surface area (Å²) in [5.41, 5.74) is 3.05. The number of hydrogen-bond donors (Lipinski definition) is 1. The van der Waals surface area contributed by atoms with Crippen molar-refractivity contribution in [3.8, 4) is 0 Å². The van der Waals surface area contributed by atoms with Crippen LogP contribution in [-0.4, -0.2) is 17.6 Å². The van der Waals surface area contributed by atoms with E-state index in [1.54, 1.807) is 0 Å². The monoisotopic (exact) mass is 351 g/mol. The first-order chi connectivity index (χ1) is 9.95. The fourth-order valence-electron chi connectivity index (χ4n) is 3.04. The fraction of sp³-hybridized carbons (Fsp3) is 0.438. The maximum atomic E-state index is 11.6. The molecule has 0 saturated carbocycles. The van der Waals surface area contributed by atoms with Crippen LogP contribution in [0.3, 0.4) is 0 Å². The number of benzene rings is 1. The SMILES string of the molecule is CC(=O)OC1(C(C)C)OCCc2c1[nH]c1c(Br)cccc21. The molecule has 3 rings (SSSR count). The van der Waals surface area contributed by atoms with E-state index in [0.29, 0.717) is 6.61 Å². The average molecular weight is 352 g/mol. The van der Waals surface area contributed by atoms with Gasteiger partial charge in [-0.05, 0) is 34.0 Å². The lowest BCUT2D eigenvalue weighted by atomic mass is 9.92. The zero-order chi connectivity index (χ0) is 15.2. The molecule has 4 nitrogen and oxygen atoms in total. The molecule has 0 aliphatic carbocycles. The number of carbonyl (C=O) groups is 1. The van der Waals surface area contributed by atoms with Gasteiger partial charge in [-0.2, -0.15) is 0 Å². The molecule has 0 spiro atoms. The molecule has 1 aromatic heterocycles. The Bertz CT molecular complexity index is 707. The summed E-state index contributed by atoms with van der Waals surface area (Å²) in [4.78, 5) is 15.0. The Hall–Kier alpha value is -1.33. The zero-order valence-corrected chi connectivity index (χ0v) is 13.9. The Morgan fingerprint density at radius 1 is 1.48 bits per heavy atom. The Morgan fingerprint density at radius 2 is 2.24 bits per heavy atom. The van der Waals surface area contributed by atoms with E-state index >= 15 is 0 Å². The van der Waals surface area contributed by atoms with Gasteiger partial charge >= 0.3 is 5.97 Å². The van der Waals surface area contributed by atoms with Gasteiger partial charge in [0, 0.05) is 22.7 Å². The van der Waals surface area contributed by atoms with Gasteiger partial charge in [-0.3, -0.25) is 4.79 Å². The summed E-state index contributed by atoms with van der Waals surface area (Å²) < 4.78 is 12.6. The molecule has 0 bridgehead atoms. The van der Waals surface area contributed by atoms with Gasteiger partial charge < -0.3 is 14.5 Å². The van der Waals surface area contributed by atoms with Crippen molar-refractivity contribution in [2.45, 2.75) is 33.0 Å².